The maximum Gasteiger partial charge on any atom is 0.463 e. The number of hydrogen-bond acceptors (Lipinski definition) is 9. The Morgan fingerprint density at radius 3 is 2.11 bits per heavy atom. The van der Waals surface area contributed by atoms with Crippen LogP contribution in [-0.4, -0.2) is 71.9 Å². The van der Waals surface area contributed by atoms with Crippen molar-refractivity contribution in [2.75, 3.05) is 29.4 Å². The number of ether oxygens (including phenoxy) is 1. The molecule has 2 aromatic carbocycles. The summed E-state index contributed by atoms with van der Waals surface area (Å²) in [6.45, 7) is -4.08. The van der Waals surface area contributed by atoms with Crippen molar-refractivity contribution < 1.29 is 68.8 Å². The van der Waals surface area contributed by atoms with Gasteiger partial charge in [-0.1, -0.05) is 23.9 Å². The zero-order chi connectivity index (χ0) is 34.7. The molecule has 0 saturated carbocycles. The van der Waals surface area contributed by atoms with E-state index in [4.69, 9.17) is 4.74 Å². The van der Waals surface area contributed by atoms with Crippen molar-refractivity contribution >= 4 is 35.2 Å². The minimum Gasteiger partial charge on any atom is -0.580 e. The molecule has 1 heterocycles. The van der Waals surface area contributed by atoms with E-state index in [9.17, 15) is 64.8 Å². The van der Waals surface area contributed by atoms with Gasteiger partial charge in [-0.15, -0.1) is 0 Å². The predicted molar refractivity (Wildman–Crippen MR) is 139 cm³/mol. The van der Waals surface area contributed by atoms with Gasteiger partial charge in [-0.3, -0.25) is 15.0 Å². The molecule has 0 bridgehead atoms. The summed E-state index contributed by atoms with van der Waals surface area (Å²) in [5.41, 5.74) is -1.18. The summed E-state index contributed by atoms with van der Waals surface area (Å²) < 4.78 is 111. The molecule has 0 aromatic heterocycles. The average Bonchev–Trinajstić information content (AvgIpc) is 3.12. The van der Waals surface area contributed by atoms with Gasteiger partial charge in [0.1, 0.15) is 12.3 Å². The van der Waals surface area contributed by atoms with Crippen LogP contribution in [0.1, 0.15) is 19.8 Å². The molecule has 0 spiro atoms. The number of nitro groups is 1. The van der Waals surface area contributed by atoms with Crippen LogP contribution < -0.4 is 19.9 Å². The van der Waals surface area contributed by atoms with Crippen molar-refractivity contribution in [2.24, 2.45) is 0 Å². The minimum atomic E-state index is -6.13. The van der Waals surface area contributed by atoms with E-state index >= 15 is 0 Å². The van der Waals surface area contributed by atoms with Gasteiger partial charge < -0.3 is 20.2 Å². The second kappa shape index (κ2) is 13.3. The molecule has 13 nitrogen and oxygen atoms in total. The quantitative estimate of drug-likeness (QED) is 0.167. The predicted octanol–water partition coefficient (Wildman–Crippen LogP) is 5.79. The van der Waals surface area contributed by atoms with Crippen LogP contribution in [0.3, 0.4) is 0 Å². The summed E-state index contributed by atoms with van der Waals surface area (Å²) in [5.74, 6) is -7.37. The molecule has 0 saturated heterocycles. The van der Waals surface area contributed by atoms with Crippen LogP contribution >= 0.6 is 0 Å². The molecule has 21 heteroatoms. The average molecular weight is 673 g/mol. The van der Waals surface area contributed by atoms with E-state index in [2.05, 4.69) is 4.84 Å². The van der Waals surface area contributed by atoms with Gasteiger partial charge in [0, 0.05) is 25.1 Å². The molecule has 1 unspecified atom stereocenters. The number of nitro benzene ring substituents is 1. The SMILES string of the molecule is CCC(=O)[N@@+]([O-])(OC(=O)NCC(F)(F)C(F)(F)F)C1CCN(C(=O)Oc2ccc([N+](=O)[O-])cc2)c2ccccc2N1CC(F)(F)F. The molecule has 2 aromatic rings. The van der Waals surface area contributed by atoms with Crippen LogP contribution in [0.5, 0.6) is 5.75 Å². The van der Waals surface area contributed by atoms with Crippen molar-refractivity contribution in [3.05, 3.63) is 63.9 Å². The fourth-order valence-corrected chi connectivity index (χ4v) is 4.27. The number of fused-ring (bicyclic) bond motifs is 1. The largest absolute Gasteiger partial charge is 0.580 e. The molecule has 46 heavy (non-hydrogen) atoms. The van der Waals surface area contributed by atoms with Crippen molar-refractivity contribution in [1.29, 1.82) is 0 Å². The molecule has 2 atom stereocenters. The van der Waals surface area contributed by atoms with Crippen molar-refractivity contribution in [1.82, 2.24) is 5.32 Å². The Morgan fingerprint density at radius 1 is 1.00 bits per heavy atom. The van der Waals surface area contributed by atoms with E-state index in [-0.39, 0.29) is 22.0 Å². The Balaban J connectivity index is 2.03. The maximum absolute atomic E-state index is 13.9. The first-order valence-corrected chi connectivity index (χ1v) is 12.9. The number of alkyl halides is 8. The van der Waals surface area contributed by atoms with Crippen molar-refractivity contribution in [3.8, 4) is 5.75 Å². The summed E-state index contributed by atoms with van der Waals surface area (Å²) >= 11 is 0. The number of benzene rings is 2. The summed E-state index contributed by atoms with van der Waals surface area (Å²) in [6.07, 6.45) is -18.9. The third-order valence-corrected chi connectivity index (χ3v) is 6.41. The third kappa shape index (κ3) is 8.07. The Hall–Kier alpha value is -4.79. The first-order valence-electron chi connectivity index (χ1n) is 12.9. The number of para-hydroxylation sites is 2. The highest BCUT2D eigenvalue weighted by atomic mass is 19.4. The lowest BCUT2D eigenvalue weighted by Crippen LogP contribution is -2.64. The van der Waals surface area contributed by atoms with E-state index in [1.54, 1.807) is 0 Å². The molecule has 0 fully saturated rings. The van der Waals surface area contributed by atoms with Gasteiger partial charge in [0.05, 0.1) is 29.3 Å². The topological polar surface area (TPSA) is 154 Å². The van der Waals surface area contributed by atoms with Crippen LogP contribution in [0, 0.1) is 15.3 Å². The molecule has 3 amide bonds. The summed E-state index contributed by atoms with van der Waals surface area (Å²) in [5, 5.41) is 25.8. The van der Waals surface area contributed by atoms with Gasteiger partial charge >= 0.3 is 36.4 Å². The molecule has 0 aliphatic carbocycles. The Bertz CT molecular complexity index is 1460. The minimum absolute atomic E-state index is 0.230. The number of halogens is 8. The number of quaternary nitrogens is 1. The number of anilines is 2. The van der Waals surface area contributed by atoms with Crippen LogP contribution in [0.15, 0.2) is 48.5 Å². The zero-order valence-corrected chi connectivity index (χ0v) is 23.3. The van der Waals surface area contributed by atoms with Crippen LogP contribution in [-0.2, 0) is 9.63 Å². The zero-order valence-electron chi connectivity index (χ0n) is 23.3. The van der Waals surface area contributed by atoms with E-state index < -0.39 is 90.4 Å². The standard InChI is InChI=1S/C25H23F8N5O8/c1-2-20(39)38(44,46-21(40)34-13-23(26,27)25(31,32)33)19-11-12-35(22(41)45-16-9-7-15(8-10-16)37(42)43)17-5-3-4-6-18(17)36(19)14-24(28,29)30/h3-10,19H,2,11-14H2,1H3,(H,34,40)/t19?,38-/m0/s1. The normalized spacial score (nSPS) is 16.9. The number of non-ortho nitro benzene ring substituents is 1. The van der Waals surface area contributed by atoms with Crippen LogP contribution in [0.2, 0.25) is 0 Å². The van der Waals surface area contributed by atoms with E-state index in [0.717, 1.165) is 53.5 Å². The van der Waals surface area contributed by atoms with Gasteiger partial charge in [-0.2, -0.15) is 35.1 Å². The van der Waals surface area contributed by atoms with E-state index in [0.29, 0.717) is 0 Å². The fraction of sp³-hybridized carbons (Fsp3) is 0.400. The summed E-state index contributed by atoms with van der Waals surface area (Å²) in [6, 6.07) is 8.72. The van der Waals surface area contributed by atoms with E-state index in [1.165, 1.54) is 12.1 Å². The van der Waals surface area contributed by atoms with E-state index in [1.807, 2.05) is 0 Å². The fourth-order valence-electron chi connectivity index (χ4n) is 4.27. The molecular weight excluding hydrogens is 650 g/mol. The molecule has 1 N–H and O–H groups in total. The van der Waals surface area contributed by atoms with Gasteiger partial charge in [0.15, 0.2) is 0 Å². The number of amides is 3. The Morgan fingerprint density at radius 2 is 1.59 bits per heavy atom. The lowest BCUT2D eigenvalue weighted by molar-refractivity contribution is -1.01. The number of hydrogen-bond donors (Lipinski definition) is 1. The molecule has 0 radical (unpaired) electrons. The molecule has 1 aliphatic rings. The van der Waals surface area contributed by atoms with Gasteiger partial charge in [0.25, 0.3) is 5.69 Å². The molecule has 3 rings (SSSR count). The number of nitrogens with zero attached hydrogens (tertiary/aromatic N) is 4. The first-order chi connectivity index (χ1) is 21.2. The molecule has 252 valence electrons. The number of nitrogens with one attached hydrogen (secondary N) is 1. The molecular formula is C25H23F8N5O8. The highest BCUT2D eigenvalue weighted by molar-refractivity contribution is 5.94. The number of hydroxylamine groups is 4. The first kappa shape index (κ1) is 35.7. The second-order valence-corrected chi connectivity index (χ2v) is 9.55. The van der Waals surface area contributed by atoms with Crippen LogP contribution in [0.25, 0.3) is 0 Å². The van der Waals surface area contributed by atoms with Crippen molar-refractivity contribution in [3.63, 3.8) is 0 Å². The summed E-state index contributed by atoms with van der Waals surface area (Å²) in [4.78, 5) is 51.1. The maximum atomic E-state index is 13.9. The Labute approximate surface area is 253 Å². The monoisotopic (exact) mass is 673 g/mol. The molecule has 1 aliphatic heterocycles. The number of carbonyl (C=O) groups is 3. The number of carbonyl (C=O) groups excluding carboxylic acids is 3. The summed E-state index contributed by atoms with van der Waals surface area (Å²) in [7, 11) is 0. The smallest absolute Gasteiger partial charge is 0.463 e. The van der Waals surface area contributed by atoms with Gasteiger partial charge in [-0.25, -0.2) is 19.2 Å². The Kier molecular flexibility index (Phi) is 10.3. The second-order valence-electron chi connectivity index (χ2n) is 9.55. The van der Waals surface area contributed by atoms with Gasteiger partial charge in [-0.05, 0) is 24.3 Å². The lowest BCUT2D eigenvalue weighted by atomic mass is 10.2. The van der Waals surface area contributed by atoms with Gasteiger partial charge in [0.2, 0.25) is 6.17 Å². The van der Waals surface area contributed by atoms with Crippen LogP contribution in [0.4, 0.5) is 61.8 Å². The highest BCUT2D eigenvalue weighted by Gasteiger charge is 2.58. The lowest BCUT2D eigenvalue weighted by Gasteiger charge is -2.45. The number of rotatable bonds is 7. The third-order valence-electron chi connectivity index (χ3n) is 6.41. The van der Waals surface area contributed by atoms with Crippen molar-refractivity contribution in [2.45, 2.75) is 44.2 Å². The highest BCUT2D eigenvalue weighted by Crippen LogP contribution is 2.40.